The quantitative estimate of drug-likeness (QED) is 0.460. The van der Waals surface area contributed by atoms with E-state index < -0.39 is 10.0 Å². The molecular weight excluding hydrogens is 436 g/mol. The van der Waals surface area contributed by atoms with Crippen LogP contribution >= 0.6 is 15.9 Å². The van der Waals surface area contributed by atoms with Crippen LogP contribution in [0.1, 0.15) is 19.4 Å². The van der Waals surface area contributed by atoms with E-state index in [4.69, 9.17) is 14.2 Å². The number of halogens is 1. The van der Waals surface area contributed by atoms with E-state index in [0.717, 1.165) is 0 Å². The summed E-state index contributed by atoms with van der Waals surface area (Å²) in [7, 11) is -2.26. The number of ether oxygens (including phenoxy) is 3. The van der Waals surface area contributed by atoms with Crippen molar-refractivity contribution < 1.29 is 22.6 Å². The number of methoxy groups -OCH3 is 1. The van der Waals surface area contributed by atoms with Gasteiger partial charge in [0.1, 0.15) is 5.75 Å². The predicted octanol–water partition coefficient (Wildman–Crippen LogP) is 3.57. The van der Waals surface area contributed by atoms with Crippen molar-refractivity contribution in [3.05, 3.63) is 46.4 Å². The molecule has 0 unspecified atom stereocenters. The number of sulfonamides is 1. The average molecular weight is 457 g/mol. The van der Waals surface area contributed by atoms with Crippen LogP contribution in [0.2, 0.25) is 0 Å². The standard InChI is InChI=1S/C18H21BrN2O5S/c1-4-25-17-11-13(10-16(19)18(17)26-5-2)12-20-21-27(22,23)15-8-6-14(24-3)7-9-15/h6-12,21H,4-5H2,1-3H3. The van der Waals surface area contributed by atoms with Crippen molar-refractivity contribution in [1.29, 1.82) is 0 Å². The summed E-state index contributed by atoms with van der Waals surface area (Å²) in [5.74, 6) is 1.71. The highest BCUT2D eigenvalue weighted by atomic mass is 79.9. The second-order valence-corrected chi connectivity index (χ2v) is 7.74. The average Bonchev–Trinajstić information content (AvgIpc) is 2.64. The lowest BCUT2D eigenvalue weighted by molar-refractivity contribution is 0.286. The Morgan fingerprint density at radius 3 is 2.37 bits per heavy atom. The molecule has 146 valence electrons. The Balaban J connectivity index is 2.19. The van der Waals surface area contributed by atoms with E-state index in [1.165, 1.54) is 25.5 Å². The van der Waals surface area contributed by atoms with Gasteiger partial charge < -0.3 is 14.2 Å². The van der Waals surface area contributed by atoms with E-state index in [9.17, 15) is 8.42 Å². The van der Waals surface area contributed by atoms with Crippen LogP contribution in [-0.2, 0) is 10.0 Å². The summed E-state index contributed by atoms with van der Waals surface area (Å²) >= 11 is 3.43. The van der Waals surface area contributed by atoms with E-state index in [2.05, 4.69) is 25.9 Å². The molecule has 0 bridgehead atoms. The van der Waals surface area contributed by atoms with Crippen molar-refractivity contribution in [3.63, 3.8) is 0 Å². The summed E-state index contributed by atoms with van der Waals surface area (Å²) in [5.41, 5.74) is 0.645. The molecule has 0 saturated carbocycles. The van der Waals surface area contributed by atoms with Crippen molar-refractivity contribution in [2.75, 3.05) is 20.3 Å². The van der Waals surface area contributed by atoms with E-state index in [1.54, 1.807) is 24.3 Å². The van der Waals surface area contributed by atoms with Crippen molar-refractivity contribution in [1.82, 2.24) is 4.83 Å². The van der Waals surface area contributed by atoms with E-state index in [0.29, 0.717) is 40.5 Å². The minimum absolute atomic E-state index is 0.0864. The van der Waals surface area contributed by atoms with Gasteiger partial charge in [-0.1, -0.05) is 0 Å². The zero-order valence-electron chi connectivity index (χ0n) is 15.2. The Morgan fingerprint density at radius 1 is 1.11 bits per heavy atom. The SMILES string of the molecule is CCOc1cc(C=NNS(=O)(=O)c2ccc(OC)cc2)cc(Br)c1OCC. The van der Waals surface area contributed by atoms with Crippen molar-refractivity contribution in [3.8, 4) is 17.2 Å². The van der Waals surface area contributed by atoms with Gasteiger partial charge in [0.25, 0.3) is 10.0 Å². The van der Waals surface area contributed by atoms with E-state index in [1.807, 2.05) is 13.8 Å². The first-order valence-corrected chi connectivity index (χ1v) is 10.5. The molecule has 2 aromatic carbocycles. The van der Waals surface area contributed by atoms with Crippen LogP contribution in [0.15, 0.2) is 50.9 Å². The minimum Gasteiger partial charge on any atom is -0.497 e. The van der Waals surface area contributed by atoms with Gasteiger partial charge >= 0.3 is 0 Å². The molecule has 0 amide bonds. The second-order valence-electron chi connectivity index (χ2n) is 5.22. The molecular formula is C18H21BrN2O5S. The van der Waals surface area contributed by atoms with Gasteiger partial charge in [-0.05, 0) is 71.7 Å². The first-order chi connectivity index (χ1) is 12.9. The summed E-state index contributed by atoms with van der Waals surface area (Å²) in [6, 6.07) is 9.50. The molecule has 0 aliphatic heterocycles. The van der Waals surface area contributed by atoms with Crippen LogP contribution in [0, 0.1) is 0 Å². The van der Waals surface area contributed by atoms with Crippen LogP contribution in [0.4, 0.5) is 0 Å². The molecule has 7 nitrogen and oxygen atoms in total. The molecule has 0 heterocycles. The molecule has 0 aliphatic rings. The maximum Gasteiger partial charge on any atom is 0.276 e. The van der Waals surface area contributed by atoms with Crippen LogP contribution < -0.4 is 19.0 Å². The summed E-state index contributed by atoms with van der Waals surface area (Å²) < 4.78 is 41.4. The molecule has 0 spiro atoms. The maximum atomic E-state index is 12.3. The maximum absolute atomic E-state index is 12.3. The van der Waals surface area contributed by atoms with Crippen molar-refractivity contribution in [2.24, 2.45) is 5.10 Å². The first kappa shape index (κ1) is 21.0. The Kier molecular flexibility index (Phi) is 7.49. The number of nitrogens with one attached hydrogen (secondary N) is 1. The number of hydrazone groups is 1. The minimum atomic E-state index is -3.77. The van der Waals surface area contributed by atoms with Crippen LogP contribution in [0.25, 0.3) is 0 Å². The smallest absolute Gasteiger partial charge is 0.276 e. The molecule has 9 heteroatoms. The Hall–Kier alpha value is -2.26. The van der Waals surface area contributed by atoms with Gasteiger partial charge in [-0.2, -0.15) is 13.5 Å². The van der Waals surface area contributed by atoms with Crippen molar-refractivity contribution >= 4 is 32.2 Å². The Morgan fingerprint density at radius 2 is 1.78 bits per heavy atom. The third-order valence-corrected chi connectivity index (χ3v) is 5.20. The highest BCUT2D eigenvalue weighted by molar-refractivity contribution is 9.10. The van der Waals surface area contributed by atoms with Gasteiger partial charge in [0.05, 0.1) is 35.9 Å². The van der Waals surface area contributed by atoms with Crippen LogP contribution in [-0.4, -0.2) is 35.0 Å². The van der Waals surface area contributed by atoms with E-state index in [-0.39, 0.29) is 4.90 Å². The fraction of sp³-hybridized carbons (Fsp3) is 0.278. The normalized spacial score (nSPS) is 11.4. The summed E-state index contributed by atoms with van der Waals surface area (Å²) in [5, 5.41) is 3.84. The lowest BCUT2D eigenvalue weighted by Crippen LogP contribution is -2.18. The monoisotopic (exact) mass is 456 g/mol. The lowest BCUT2D eigenvalue weighted by Gasteiger charge is -2.13. The third-order valence-electron chi connectivity index (χ3n) is 3.38. The van der Waals surface area contributed by atoms with Gasteiger partial charge in [-0.15, -0.1) is 0 Å². The highest BCUT2D eigenvalue weighted by Crippen LogP contribution is 2.36. The Bertz CT molecular complexity index is 899. The largest absolute Gasteiger partial charge is 0.497 e. The van der Waals surface area contributed by atoms with Crippen LogP contribution in [0.5, 0.6) is 17.2 Å². The third kappa shape index (κ3) is 5.61. The molecule has 0 aromatic heterocycles. The fourth-order valence-electron chi connectivity index (χ4n) is 2.19. The highest BCUT2D eigenvalue weighted by Gasteiger charge is 2.13. The van der Waals surface area contributed by atoms with Gasteiger partial charge in [0.2, 0.25) is 0 Å². The zero-order valence-corrected chi connectivity index (χ0v) is 17.6. The van der Waals surface area contributed by atoms with Gasteiger partial charge in [0, 0.05) is 0 Å². The summed E-state index contributed by atoms with van der Waals surface area (Å²) in [6.45, 7) is 4.71. The number of rotatable bonds is 9. The topological polar surface area (TPSA) is 86.2 Å². The molecule has 0 aliphatic carbocycles. The number of nitrogens with zero attached hydrogens (tertiary/aromatic N) is 1. The van der Waals surface area contributed by atoms with Crippen LogP contribution in [0.3, 0.4) is 0 Å². The first-order valence-electron chi connectivity index (χ1n) is 8.19. The molecule has 2 aromatic rings. The number of hydrogen-bond donors (Lipinski definition) is 1. The lowest BCUT2D eigenvalue weighted by atomic mass is 10.2. The predicted molar refractivity (Wildman–Crippen MR) is 107 cm³/mol. The molecule has 2 rings (SSSR count). The fourth-order valence-corrected chi connectivity index (χ4v) is 3.55. The molecule has 0 radical (unpaired) electrons. The van der Waals surface area contributed by atoms with Gasteiger partial charge in [-0.25, -0.2) is 4.83 Å². The molecule has 0 fully saturated rings. The van der Waals surface area contributed by atoms with Crippen molar-refractivity contribution in [2.45, 2.75) is 18.7 Å². The zero-order chi connectivity index (χ0) is 19.9. The molecule has 1 N–H and O–H groups in total. The van der Waals surface area contributed by atoms with Gasteiger partial charge in [-0.3, -0.25) is 0 Å². The molecule has 0 saturated heterocycles. The summed E-state index contributed by atoms with van der Waals surface area (Å²) in [4.78, 5) is 2.27. The van der Waals surface area contributed by atoms with E-state index >= 15 is 0 Å². The second kappa shape index (κ2) is 9.61. The summed E-state index contributed by atoms with van der Waals surface area (Å²) in [6.07, 6.45) is 1.39. The molecule has 0 atom stereocenters. The number of hydrogen-bond acceptors (Lipinski definition) is 6. The molecule has 27 heavy (non-hydrogen) atoms. The number of benzene rings is 2. The Labute approximate surface area is 167 Å². The van der Waals surface area contributed by atoms with Gasteiger partial charge in [0.15, 0.2) is 11.5 Å².